The van der Waals surface area contributed by atoms with E-state index < -0.39 is 0 Å². The number of aliphatic hydroxyl groups is 1. The lowest BCUT2D eigenvalue weighted by molar-refractivity contribution is 0.152. The standard InChI is InChI=1S/C18H23NO/c20-18(10-9-14-5-2-1-3-6-14)17-8-4-7-15-13-19-12-11-16(15)17/h4,7-8,11-14,18,20H,1-3,5-6,9-10H2. The molecule has 1 saturated carbocycles. The smallest absolute Gasteiger partial charge is 0.0796 e. The van der Waals surface area contributed by atoms with Crippen molar-refractivity contribution in [1.29, 1.82) is 0 Å². The first-order chi connectivity index (χ1) is 9.84. The van der Waals surface area contributed by atoms with E-state index in [1.54, 1.807) is 6.20 Å². The SMILES string of the molecule is OC(CCC1CCCCC1)c1cccc2cnccc12. The Morgan fingerprint density at radius 1 is 1.15 bits per heavy atom. The molecule has 2 heteroatoms. The van der Waals surface area contributed by atoms with Crippen LogP contribution in [-0.4, -0.2) is 10.1 Å². The van der Waals surface area contributed by atoms with Crippen LogP contribution in [0.2, 0.25) is 0 Å². The van der Waals surface area contributed by atoms with Crippen LogP contribution in [0.4, 0.5) is 0 Å². The maximum atomic E-state index is 10.5. The van der Waals surface area contributed by atoms with Crippen molar-refractivity contribution in [3.05, 3.63) is 42.2 Å². The first-order valence-corrected chi connectivity index (χ1v) is 7.85. The van der Waals surface area contributed by atoms with Gasteiger partial charge in [0.25, 0.3) is 0 Å². The molecule has 0 radical (unpaired) electrons. The zero-order valence-corrected chi connectivity index (χ0v) is 12.0. The molecule has 1 aromatic carbocycles. The Bertz CT molecular complexity index is 555. The van der Waals surface area contributed by atoms with Gasteiger partial charge in [-0.2, -0.15) is 0 Å². The van der Waals surface area contributed by atoms with Crippen LogP contribution in [0.5, 0.6) is 0 Å². The van der Waals surface area contributed by atoms with Crippen molar-refractivity contribution in [2.45, 2.75) is 51.0 Å². The quantitative estimate of drug-likeness (QED) is 0.878. The van der Waals surface area contributed by atoms with Gasteiger partial charge in [0.05, 0.1) is 6.10 Å². The van der Waals surface area contributed by atoms with E-state index in [1.165, 1.54) is 32.1 Å². The van der Waals surface area contributed by atoms with E-state index in [1.807, 2.05) is 24.4 Å². The summed E-state index contributed by atoms with van der Waals surface area (Å²) in [6.45, 7) is 0. The van der Waals surface area contributed by atoms with Gasteiger partial charge in [-0.1, -0.05) is 50.3 Å². The summed E-state index contributed by atoms with van der Waals surface area (Å²) in [5, 5.41) is 12.8. The lowest BCUT2D eigenvalue weighted by atomic mass is 9.84. The van der Waals surface area contributed by atoms with Gasteiger partial charge in [-0.05, 0) is 35.8 Å². The minimum absolute atomic E-state index is 0.344. The highest BCUT2D eigenvalue weighted by atomic mass is 16.3. The molecular weight excluding hydrogens is 246 g/mol. The van der Waals surface area contributed by atoms with Gasteiger partial charge in [-0.25, -0.2) is 0 Å². The van der Waals surface area contributed by atoms with Crippen LogP contribution in [0.1, 0.15) is 56.6 Å². The molecule has 3 rings (SSSR count). The van der Waals surface area contributed by atoms with Gasteiger partial charge >= 0.3 is 0 Å². The van der Waals surface area contributed by atoms with Crippen molar-refractivity contribution < 1.29 is 5.11 Å². The van der Waals surface area contributed by atoms with Crippen LogP contribution in [0.25, 0.3) is 10.8 Å². The monoisotopic (exact) mass is 269 g/mol. The molecule has 1 heterocycles. The Labute approximate surface area is 120 Å². The summed E-state index contributed by atoms with van der Waals surface area (Å²) in [6.07, 6.45) is 12.2. The van der Waals surface area contributed by atoms with E-state index in [2.05, 4.69) is 11.1 Å². The van der Waals surface area contributed by atoms with E-state index in [9.17, 15) is 5.11 Å². The van der Waals surface area contributed by atoms with Crippen molar-refractivity contribution in [2.24, 2.45) is 5.92 Å². The van der Waals surface area contributed by atoms with Crippen LogP contribution in [-0.2, 0) is 0 Å². The molecule has 1 unspecified atom stereocenters. The summed E-state index contributed by atoms with van der Waals surface area (Å²) < 4.78 is 0. The van der Waals surface area contributed by atoms with Crippen molar-refractivity contribution in [1.82, 2.24) is 4.98 Å². The Morgan fingerprint density at radius 3 is 2.85 bits per heavy atom. The summed E-state index contributed by atoms with van der Waals surface area (Å²) >= 11 is 0. The van der Waals surface area contributed by atoms with Gasteiger partial charge < -0.3 is 5.11 Å². The number of pyridine rings is 1. The molecule has 0 spiro atoms. The number of fused-ring (bicyclic) bond motifs is 1. The van der Waals surface area contributed by atoms with Gasteiger partial charge in [-0.15, -0.1) is 0 Å². The largest absolute Gasteiger partial charge is 0.388 e. The van der Waals surface area contributed by atoms with Gasteiger partial charge in [0, 0.05) is 17.8 Å². The molecule has 0 aliphatic heterocycles. The number of aromatic nitrogens is 1. The van der Waals surface area contributed by atoms with E-state index in [4.69, 9.17) is 0 Å². The van der Waals surface area contributed by atoms with Crippen LogP contribution in [0.15, 0.2) is 36.7 Å². The van der Waals surface area contributed by atoms with E-state index in [-0.39, 0.29) is 6.10 Å². The molecule has 2 aromatic rings. The topological polar surface area (TPSA) is 33.1 Å². The van der Waals surface area contributed by atoms with Crippen molar-refractivity contribution in [3.8, 4) is 0 Å². The molecule has 2 nitrogen and oxygen atoms in total. The van der Waals surface area contributed by atoms with Crippen LogP contribution >= 0.6 is 0 Å². The third-order valence-electron chi connectivity index (χ3n) is 4.65. The zero-order valence-electron chi connectivity index (χ0n) is 12.0. The van der Waals surface area contributed by atoms with Gasteiger partial charge in [0.1, 0.15) is 0 Å². The second-order valence-electron chi connectivity index (χ2n) is 6.04. The van der Waals surface area contributed by atoms with E-state index in [0.717, 1.165) is 35.1 Å². The molecule has 20 heavy (non-hydrogen) atoms. The minimum atomic E-state index is -0.344. The molecule has 106 valence electrons. The van der Waals surface area contributed by atoms with Gasteiger partial charge in [-0.3, -0.25) is 4.98 Å². The number of hydrogen-bond acceptors (Lipinski definition) is 2. The Kier molecular flexibility index (Phi) is 4.31. The van der Waals surface area contributed by atoms with Crippen LogP contribution in [0.3, 0.4) is 0 Å². The summed E-state index contributed by atoms with van der Waals surface area (Å²) in [7, 11) is 0. The number of hydrogen-bond donors (Lipinski definition) is 1. The molecule has 0 amide bonds. The molecule has 1 aliphatic rings. The third kappa shape index (κ3) is 3.01. The Morgan fingerprint density at radius 2 is 2.00 bits per heavy atom. The summed E-state index contributed by atoms with van der Waals surface area (Å²) in [4.78, 5) is 4.15. The molecule has 1 aromatic heterocycles. The van der Waals surface area contributed by atoms with Crippen molar-refractivity contribution in [2.75, 3.05) is 0 Å². The number of nitrogens with zero attached hydrogens (tertiary/aromatic N) is 1. The fourth-order valence-corrected chi connectivity index (χ4v) is 3.46. The first kappa shape index (κ1) is 13.6. The fourth-order valence-electron chi connectivity index (χ4n) is 3.46. The highest BCUT2D eigenvalue weighted by Gasteiger charge is 2.17. The molecule has 0 saturated heterocycles. The first-order valence-electron chi connectivity index (χ1n) is 7.85. The normalized spacial score (nSPS) is 18.2. The predicted molar refractivity (Wildman–Crippen MR) is 82.5 cm³/mol. The fraction of sp³-hybridized carbons (Fsp3) is 0.500. The average molecular weight is 269 g/mol. The second-order valence-corrected chi connectivity index (χ2v) is 6.04. The lowest BCUT2D eigenvalue weighted by Gasteiger charge is -2.23. The number of aliphatic hydroxyl groups excluding tert-OH is 1. The highest BCUT2D eigenvalue weighted by Crippen LogP contribution is 2.32. The van der Waals surface area contributed by atoms with Crippen molar-refractivity contribution >= 4 is 10.8 Å². The van der Waals surface area contributed by atoms with E-state index in [0.29, 0.717) is 0 Å². The number of benzene rings is 1. The lowest BCUT2D eigenvalue weighted by Crippen LogP contribution is -2.08. The third-order valence-corrected chi connectivity index (χ3v) is 4.65. The molecule has 0 bridgehead atoms. The Hall–Kier alpha value is -1.41. The minimum Gasteiger partial charge on any atom is -0.388 e. The Balaban J connectivity index is 1.70. The average Bonchev–Trinajstić information content (AvgIpc) is 2.53. The molecule has 1 atom stereocenters. The van der Waals surface area contributed by atoms with Crippen molar-refractivity contribution in [3.63, 3.8) is 0 Å². The predicted octanol–water partition coefficient (Wildman–Crippen LogP) is 4.63. The second kappa shape index (κ2) is 6.36. The van der Waals surface area contributed by atoms with Gasteiger partial charge in [0.15, 0.2) is 0 Å². The van der Waals surface area contributed by atoms with Gasteiger partial charge in [0.2, 0.25) is 0 Å². The summed E-state index contributed by atoms with van der Waals surface area (Å²) in [5.74, 6) is 0.829. The summed E-state index contributed by atoms with van der Waals surface area (Å²) in [6, 6.07) is 8.13. The molecule has 1 aliphatic carbocycles. The zero-order chi connectivity index (χ0) is 13.8. The molecule has 1 fully saturated rings. The maximum absolute atomic E-state index is 10.5. The van der Waals surface area contributed by atoms with Crippen LogP contribution < -0.4 is 0 Å². The molecule has 1 N–H and O–H groups in total. The number of rotatable bonds is 4. The van der Waals surface area contributed by atoms with Crippen LogP contribution in [0, 0.1) is 5.92 Å². The highest BCUT2D eigenvalue weighted by molar-refractivity contribution is 5.85. The van der Waals surface area contributed by atoms with E-state index >= 15 is 0 Å². The maximum Gasteiger partial charge on any atom is 0.0796 e. The summed E-state index contributed by atoms with van der Waals surface area (Å²) in [5.41, 5.74) is 1.06. The molecular formula is C18H23NO.